The van der Waals surface area contributed by atoms with Crippen LogP contribution in [0.4, 0.5) is 0 Å². The Bertz CT molecular complexity index is 494. The van der Waals surface area contributed by atoms with Crippen molar-refractivity contribution >= 4 is 11.9 Å². The quantitative estimate of drug-likeness (QED) is 0.919. The molecule has 0 radical (unpaired) electrons. The number of hydrogen-bond donors (Lipinski definition) is 1. The standard InChI is InChI=1S/C15H21NO4/c1-10-5-7-20-14(10)15(19)16-6-3-4-12(9-16)11(2)8-13(17)18/h5,7,11-12H,3-4,6,8-9H2,1-2H3,(H,17,18). The lowest BCUT2D eigenvalue weighted by Gasteiger charge is -2.35. The Morgan fingerprint density at radius 2 is 2.30 bits per heavy atom. The van der Waals surface area contributed by atoms with Crippen molar-refractivity contribution in [1.29, 1.82) is 0 Å². The zero-order chi connectivity index (χ0) is 14.7. The molecule has 1 fully saturated rings. The number of rotatable bonds is 4. The van der Waals surface area contributed by atoms with Crippen LogP contribution in [0.15, 0.2) is 16.7 Å². The predicted molar refractivity (Wildman–Crippen MR) is 73.5 cm³/mol. The fourth-order valence-electron chi connectivity index (χ4n) is 2.84. The van der Waals surface area contributed by atoms with Gasteiger partial charge >= 0.3 is 5.97 Å². The number of likely N-dealkylation sites (tertiary alicyclic amines) is 1. The lowest BCUT2D eigenvalue weighted by molar-refractivity contribution is -0.138. The molecule has 0 bridgehead atoms. The third-order valence-corrected chi connectivity index (χ3v) is 4.10. The molecular formula is C15H21NO4. The molecule has 20 heavy (non-hydrogen) atoms. The van der Waals surface area contributed by atoms with Gasteiger partial charge in [-0.15, -0.1) is 0 Å². The molecule has 0 spiro atoms. The van der Waals surface area contributed by atoms with E-state index in [1.165, 1.54) is 6.26 Å². The van der Waals surface area contributed by atoms with Crippen LogP contribution in [0.2, 0.25) is 0 Å². The summed E-state index contributed by atoms with van der Waals surface area (Å²) in [6.45, 7) is 5.14. The van der Waals surface area contributed by atoms with Gasteiger partial charge in [-0.05, 0) is 37.7 Å². The lowest BCUT2D eigenvalue weighted by Crippen LogP contribution is -2.42. The minimum atomic E-state index is -0.775. The van der Waals surface area contributed by atoms with Crippen LogP contribution in [0.1, 0.15) is 42.3 Å². The number of carbonyl (C=O) groups is 2. The molecular weight excluding hydrogens is 258 g/mol. The number of piperidine rings is 1. The van der Waals surface area contributed by atoms with E-state index < -0.39 is 5.97 Å². The fourth-order valence-corrected chi connectivity index (χ4v) is 2.84. The second-order valence-electron chi connectivity index (χ2n) is 5.66. The third kappa shape index (κ3) is 3.21. The van der Waals surface area contributed by atoms with E-state index in [9.17, 15) is 9.59 Å². The van der Waals surface area contributed by atoms with Gasteiger partial charge in [0.15, 0.2) is 5.76 Å². The molecule has 0 aromatic carbocycles. The number of aryl methyl sites for hydroxylation is 1. The average Bonchev–Trinajstić information content (AvgIpc) is 2.83. The molecule has 0 saturated carbocycles. The van der Waals surface area contributed by atoms with E-state index in [0.29, 0.717) is 12.3 Å². The highest BCUT2D eigenvalue weighted by molar-refractivity contribution is 5.92. The van der Waals surface area contributed by atoms with Crippen LogP contribution in [-0.4, -0.2) is 35.0 Å². The molecule has 2 atom stereocenters. The molecule has 1 aliphatic heterocycles. The second kappa shape index (κ2) is 6.11. The van der Waals surface area contributed by atoms with Crippen molar-refractivity contribution in [3.63, 3.8) is 0 Å². The molecule has 0 aliphatic carbocycles. The van der Waals surface area contributed by atoms with Crippen LogP contribution in [0.3, 0.4) is 0 Å². The zero-order valence-corrected chi connectivity index (χ0v) is 12.0. The smallest absolute Gasteiger partial charge is 0.303 e. The van der Waals surface area contributed by atoms with Gasteiger partial charge in [0.2, 0.25) is 0 Å². The minimum absolute atomic E-state index is 0.0836. The fraction of sp³-hybridized carbons (Fsp3) is 0.600. The van der Waals surface area contributed by atoms with E-state index in [1.54, 1.807) is 11.0 Å². The predicted octanol–water partition coefficient (Wildman–Crippen LogP) is 2.55. The Labute approximate surface area is 118 Å². The number of nitrogens with zero attached hydrogens (tertiary/aromatic N) is 1. The Balaban J connectivity index is 2.02. The van der Waals surface area contributed by atoms with E-state index in [2.05, 4.69) is 0 Å². The highest BCUT2D eigenvalue weighted by Gasteiger charge is 2.30. The van der Waals surface area contributed by atoms with E-state index >= 15 is 0 Å². The number of aliphatic carboxylic acids is 1. The van der Waals surface area contributed by atoms with E-state index in [1.807, 2.05) is 13.8 Å². The molecule has 1 aromatic heterocycles. The summed E-state index contributed by atoms with van der Waals surface area (Å²) in [6, 6.07) is 1.78. The summed E-state index contributed by atoms with van der Waals surface area (Å²) in [5.41, 5.74) is 0.843. The minimum Gasteiger partial charge on any atom is -0.481 e. The van der Waals surface area contributed by atoms with Crippen LogP contribution in [0.25, 0.3) is 0 Å². The molecule has 2 unspecified atom stereocenters. The largest absolute Gasteiger partial charge is 0.481 e. The number of carbonyl (C=O) groups excluding carboxylic acids is 1. The summed E-state index contributed by atoms with van der Waals surface area (Å²) in [7, 11) is 0. The molecule has 1 N–H and O–H groups in total. The first-order valence-electron chi connectivity index (χ1n) is 7.04. The summed E-state index contributed by atoms with van der Waals surface area (Å²) >= 11 is 0. The highest BCUT2D eigenvalue weighted by atomic mass is 16.4. The van der Waals surface area contributed by atoms with Gasteiger partial charge < -0.3 is 14.4 Å². The van der Waals surface area contributed by atoms with Gasteiger partial charge in [-0.2, -0.15) is 0 Å². The summed E-state index contributed by atoms with van der Waals surface area (Å²) < 4.78 is 5.25. The first kappa shape index (κ1) is 14.6. The molecule has 2 heterocycles. The molecule has 1 amide bonds. The summed E-state index contributed by atoms with van der Waals surface area (Å²) in [6.07, 6.45) is 3.58. The molecule has 110 valence electrons. The van der Waals surface area contributed by atoms with Crippen molar-refractivity contribution in [1.82, 2.24) is 4.90 Å². The maximum Gasteiger partial charge on any atom is 0.303 e. The second-order valence-corrected chi connectivity index (χ2v) is 5.66. The van der Waals surface area contributed by atoms with Crippen LogP contribution in [-0.2, 0) is 4.79 Å². The number of hydrogen-bond acceptors (Lipinski definition) is 3. The Kier molecular flexibility index (Phi) is 4.47. The first-order valence-corrected chi connectivity index (χ1v) is 7.04. The molecule has 1 aromatic rings. The van der Waals surface area contributed by atoms with Gasteiger partial charge in [-0.1, -0.05) is 6.92 Å². The SMILES string of the molecule is Cc1ccoc1C(=O)N1CCCC(C(C)CC(=O)O)C1. The van der Waals surface area contributed by atoms with E-state index in [4.69, 9.17) is 9.52 Å². The molecule has 5 nitrogen and oxygen atoms in total. The summed E-state index contributed by atoms with van der Waals surface area (Å²) in [5.74, 6) is -0.126. The average molecular weight is 279 g/mol. The topological polar surface area (TPSA) is 70.8 Å². The number of furan rings is 1. The van der Waals surface area contributed by atoms with Gasteiger partial charge in [-0.3, -0.25) is 9.59 Å². The molecule has 1 aliphatic rings. The van der Waals surface area contributed by atoms with E-state index in [0.717, 1.165) is 24.9 Å². The van der Waals surface area contributed by atoms with Gasteiger partial charge in [0.05, 0.1) is 6.26 Å². The van der Waals surface area contributed by atoms with Gasteiger partial charge in [-0.25, -0.2) is 0 Å². The maximum atomic E-state index is 12.4. The Hall–Kier alpha value is -1.78. The Morgan fingerprint density at radius 3 is 2.90 bits per heavy atom. The molecule has 2 rings (SSSR count). The molecule has 1 saturated heterocycles. The number of carboxylic acid groups (broad SMARTS) is 1. The third-order valence-electron chi connectivity index (χ3n) is 4.10. The maximum absolute atomic E-state index is 12.4. The number of carboxylic acids is 1. The van der Waals surface area contributed by atoms with Crippen molar-refractivity contribution in [3.8, 4) is 0 Å². The molecule has 5 heteroatoms. The Morgan fingerprint density at radius 1 is 1.55 bits per heavy atom. The van der Waals surface area contributed by atoms with Gasteiger partial charge in [0, 0.05) is 25.1 Å². The van der Waals surface area contributed by atoms with Gasteiger partial charge in [0.1, 0.15) is 0 Å². The summed E-state index contributed by atoms with van der Waals surface area (Å²) in [5, 5.41) is 8.88. The van der Waals surface area contributed by atoms with Crippen molar-refractivity contribution < 1.29 is 19.1 Å². The van der Waals surface area contributed by atoms with Crippen LogP contribution in [0, 0.1) is 18.8 Å². The van der Waals surface area contributed by atoms with Crippen molar-refractivity contribution in [3.05, 3.63) is 23.7 Å². The van der Waals surface area contributed by atoms with Crippen LogP contribution in [0.5, 0.6) is 0 Å². The highest BCUT2D eigenvalue weighted by Crippen LogP contribution is 2.27. The summed E-state index contributed by atoms with van der Waals surface area (Å²) in [4.78, 5) is 25.0. The van der Waals surface area contributed by atoms with Crippen molar-refractivity contribution in [2.24, 2.45) is 11.8 Å². The van der Waals surface area contributed by atoms with Crippen LogP contribution < -0.4 is 0 Å². The van der Waals surface area contributed by atoms with Crippen molar-refractivity contribution in [2.75, 3.05) is 13.1 Å². The van der Waals surface area contributed by atoms with Crippen LogP contribution >= 0.6 is 0 Å². The normalized spacial score (nSPS) is 20.7. The monoisotopic (exact) mass is 279 g/mol. The van der Waals surface area contributed by atoms with Gasteiger partial charge in [0.25, 0.3) is 5.91 Å². The van der Waals surface area contributed by atoms with Crippen molar-refractivity contribution in [2.45, 2.75) is 33.1 Å². The number of amides is 1. The zero-order valence-electron chi connectivity index (χ0n) is 12.0. The van der Waals surface area contributed by atoms with E-state index in [-0.39, 0.29) is 24.2 Å². The first-order chi connectivity index (χ1) is 9.49. The lowest BCUT2D eigenvalue weighted by atomic mass is 9.84.